The van der Waals surface area contributed by atoms with Gasteiger partial charge in [0.15, 0.2) is 0 Å². The van der Waals surface area contributed by atoms with Crippen LogP contribution in [0.25, 0.3) is 0 Å². The smallest absolute Gasteiger partial charge is 0.308 e. The summed E-state index contributed by atoms with van der Waals surface area (Å²) in [6.45, 7) is 8.80. The Kier molecular flexibility index (Phi) is 11.1. The fourth-order valence-corrected chi connectivity index (χ4v) is 2.03. The van der Waals surface area contributed by atoms with E-state index in [4.69, 9.17) is 9.47 Å². The Labute approximate surface area is 123 Å². The third-order valence-corrected chi connectivity index (χ3v) is 3.67. The van der Waals surface area contributed by atoms with Gasteiger partial charge in [-0.05, 0) is 38.5 Å². The zero-order valence-electron chi connectivity index (χ0n) is 13.4. The number of hydrogen-bond donors (Lipinski definition) is 0. The molecule has 0 aromatic rings. The predicted octanol–water partition coefficient (Wildman–Crippen LogP) is 3.73. The first kappa shape index (κ1) is 18.9. The zero-order chi connectivity index (χ0) is 15.4. The standard InChI is InChI=1S/C16H30O4/c1-5-13(6-2)15(17)19-11-9-10-12-20-16(18)14(7-3)8-4/h13-14H,5-12H2,1-4H3. The second-order valence-corrected chi connectivity index (χ2v) is 5.07. The number of rotatable bonds is 11. The minimum Gasteiger partial charge on any atom is -0.465 e. The fraction of sp³-hybridized carbons (Fsp3) is 0.875. The quantitative estimate of drug-likeness (QED) is 0.429. The van der Waals surface area contributed by atoms with E-state index < -0.39 is 0 Å². The predicted molar refractivity (Wildman–Crippen MR) is 79.3 cm³/mol. The third-order valence-electron chi connectivity index (χ3n) is 3.67. The molecule has 0 spiro atoms. The van der Waals surface area contributed by atoms with Gasteiger partial charge in [0.1, 0.15) is 0 Å². The van der Waals surface area contributed by atoms with E-state index in [-0.39, 0.29) is 23.8 Å². The summed E-state index contributed by atoms with van der Waals surface area (Å²) in [6, 6.07) is 0. The molecule has 0 bridgehead atoms. The lowest BCUT2D eigenvalue weighted by atomic mass is 10.0. The maximum atomic E-state index is 11.6. The maximum Gasteiger partial charge on any atom is 0.308 e. The highest BCUT2D eigenvalue weighted by Crippen LogP contribution is 2.11. The highest BCUT2D eigenvalue weighted by molar-refractivity contribution is 5.72. The first-order chi connectivity index (χ1) is 9.60. The Morgan fingerprint density at radius 3 is 1.25 bits per heavy atom. The molecule has 0 aromatic carbocycles. The molecule has 0 unspecified atom stereocenters. The fourth-order valence-electron chi connectivity index (χ4n) is 2.03. The summed E-state index contributed by atoms with van der Waals surface area (Å²) in [5.41, 5.74) is 0. The summed E-state index contributed by atoms with van der Waals surface area (Å²) in [7, 11) is 0. The minimum atomic E-state index is -0.107. The van der Waals surface area contributed by atoms with Crippen molar-refractivity contribution in [3.63, 3.8) is 0 Å². The molecule has 0 fully saturated rings. The highest BCUT2D eigenvalue weighted by atomic mass is 16.5. The van der Waals surface area contributed by atoms with Crippen LogP contribution in [0.5, 0.6) is 0 Å². The highest BCUT2D eigenvalue weighted by Gasteiger charge is 2.16. The van der Waals surface area contributed by atoms with E-state index in [2.05, 4.69) is 0 Å². The van der Waals surface area contributed by atoms with Crippen LogP contribution in [0.3, 0.4) is 0 Å². The molecular weight excluding hydrogens is 256 g/mol. The Morgan fingerprint density at radius 1 is 0.700 bits per heavy atom. The van der Waals surface area contributed by atoms with Crippen molar-refractivity contribution in [1.82, 2.24) is 0 Å². The normalized spacial score (nSPS) is 10.9. The summed E-state index contributed by atoms with van der Waals surface area (Å²) >= 11 is 0. The van der Waals surface area contributed by atoms with Gasteiger partial charge >= 0.3 is 11.9 Å². The van der Waals surface area contributed by atoms with Crippen molar-refractivity contribution in [2.24, 2.45) is 11.8 Å². The molecule has 0 N–H and O–H groups in total. The number of ether oxygens (including phenoxy) is 2. The monoisotopic (exact) mass is 286 g/mol. The van der Waals surface area contributed by atoms with E-state index in [0.717, 1.165) is 38.5 Å². The molecular formula is C16H30O4. The van der Waals surface area contributed by atoms with Crippen molar-refractivity contribution in [1.29, 1.82) is 0 Å². The Balaban J connectivity index is 3.63. The van der Waals surface area contributed by atoms with Crippen LogP contribution in [0.4, 0.5) is 0 Å². The van der Waals surface area contributed by atoms with Crippen LogP contribution in [-0.2, 0) is 19.1 Å². The van der Waals surface area contributed by atoms with Gasteiger partial charge in [0.25, 0.3) is 0 Å². The van der Waals surface area contributed by atoms with Gasteiger partial charge in [-0.3, -0.25) is 9.59 Å². The van der Waals surface area contributed by atoms with Gasteiger partial charge in [-0.15, -0.1) is 0 Å². The number of esters is 2. The topological polar surface area (TPSA) is 52.6 Å². The molecule has 118 valence electrons. The molecule has 4 nitrogen and oxygen atoms in total. The van der Waals surface area contributed by atoms with Gasteiger partial charge in [-0.25, -0.2) is 0 Å². The van der Waals surface area contributed by atoms with Crippen LogP contribution in [0.2, 0.25) is 0 Å². The zero-order valence-corrected chi connectivity index (χ0v) is 13.4. The first-order valence-corrected chi connectivity index (χ1v) is 7.93. The van der Waals surface area contributed by atoms with E-state index in [1.807, 2.05) is 27.7 Å². The van der Waals surface area contributed by atoms with Crippen molar-refractivity contribution in [3.05, 3.63) is 0 Å². The van der Waals surface area contributed by atoms with Gasteiger partial charge in [0.2, 0.25) is 0 Å². The first-order valence-electron chi connectivity index (χ1n) is 7.93. The summed E-state index contributed by atoms with van der Waals surface area (Å²) in [4.78, 5) is 23.2. The van der Waals surface area contributed by atoms with Gasteiger partial charge in [-0.2, -0.15) is 0 Å². The summed E-state index contributed by atoms with van der Waals surface area (Å²) < 4.78 is 10.4. The Bertz CT molecular complexity index is 240. The number of hydrogen-bond acceptors (Lipinski definition) is 4. The van der Waals surface area contributed by atoms with Gasteiger partial charge < -0.3 is 9.47 Å². The lowest BCUT2D eigenvalue weighted by Gasteiger charge is -2.13. The molecule has 0 atom stereocenters. The molecule has 0 heterocycles. The van der Waals surface area contributed by atoms with Gasteiger partial charge in [0, 0.05) is 0 Å². The van der Waals surface area contributed by atoms with Gasteiger partial charge in [-0.1, -0.05) is 27.7 Å². The molecule has 0 aliphatic heterocycles. The van der Waals surface area contributed by atoms with Crippen LogP contribution in [0, 0.1) is 11.8 Å². The van der Waals surface area contributed by atoms with E-state index in [0.29, 0.717) is 13.2 Å². The van der Waals surface area contributed by atoms with Crippen molar-refractivity contribution in [2.45, 2.75) is 66.2 Å². The van der Waals surface area contributed by atoms with Crippen molar-refractivity contribution >= 4 is 11.9 Å². The number of carbonyl (C=O) groups is 2. The molecule has 0 aliphatic carbocycles. The molecule has 0 saturated carbocycles. The van der Waals surface area contributed by atoms with E-state index >= 15 is 0 Å². The van der Waals surface area contributed by atoms with Gasteiger partial charge in [0.05, 0.1) is 25.0 Å². The molecule has 0 saturated heterocycles. The molecule has 0 amide bonds. The van der Waals surface area contributed by atoms with Crippen LogP contribution < -0.4 is 0 Å². The van der Waals surface area contributed by atoms with Crippen molar-refractivity contribution in [2.75, 3.05) is 13.2 Å². The average Bonchev–Trinajstić information content (AvgIpc) is 2.45. The SMILES string of the molecule is CCC(CC)C(=O)OCCCCOC(=O)C(CC)CC. The van der Waals surface area contributed by atoms with Crippen LogP contribution in [0.15, 0.2) is 0 Å². The minimum absolute atomic E-state index is 0.0164. The van der Waals surface area contributed by atoms with E-state index in [9.17, 15) is 9.59 Å². The van der Waals surface area contributed by atoms with E-state index in [1.165, 1.54) is 0 Å². The Morgan fingerprint density at radius 2 is 1.00 bits per heavy atom. The summed E-state index contributed by atoms with van der Waals surface area (Å²) in [5.74, 6) is -0.182. The number of unbranched alkanes of at least 4 members (excludes halogenated alkanes) is 1. The molecule has 0 rings (SSSR count). The largest absolute Gasteiger partial charge is 0.465 e. The summed E-state index contributed by atoms with van der Waals surface area (Å²) in [6.07, 6.45) is 4.76. The average molecular weight is 286 g/mol. The maximum absolute atomic E-state index is 11.6. The van der Waals surface area contributed by atoms with Crippen LogP contribution in [0.1, 0.15) is 66.2 Å². The van der Waals surface area contributed by atoms with Crippen LogP contribution in [-0.4, -0.2) is 25.2 Å². The molecule has 0 radical (unpaired) electrons. The van der Waals surface area contributed by atoms with Crippen molar-refractivity contribution < 1.29 is 19.1 Å². The van der Waals surface area contributed by atoms with Crippen molar-refractivity contribution in [3.8, 4) is 0 Å². The number of carbonyl (C=O) groups excluding carboxylic acids is 2. The third kappa shape index (κ3) is 7.51. The van der Waals surface area contributed by atoms with E-state index in [1.54, 1.807) is 0 Å². The second kappa shape index (κ2) is 11.7. The second-order valence-electron chi connectivity index (χ2n) is 5.07. The van der Waals surface area contributed by atoms with Crippen LogP contribution >= 0.6 is 0 Å². The molecule has 0 aromatic heterocycles. The Hall–Kier alpha value is -1.06. The molecule has 4 heteroatoms. The lowest BCUT2D eigenvalue weighted by molar-refractivity contribution is -0.151. The molecule has 0 aliphatic rings. The lowest BCUT2D eigenvalue weighted by Crippen LogP contribution is -2.18. The summed E-state index contributed by atoms with van der Waals surface area (Å²) in [5, 5.41) is 0. The molecule has 20 heavy (non-hydrogen) atoms.